The van der Waals surface area contributed by atoms with Gasteiger partial charge < -0.3 is 10.6 Å². The smallest absolute Gasteiger partial charge is 0.254 e. The zero-order chi connectivity index (χ0) is 18.4. The lowest BCUT2D eigenvalue weighted by molar-refractivity contribution is 0.0950. The molecule has 5 nitrogen and oxygen atoms in total. The monoisotopic (exact) mass is 346 g/mol. The van der Waals surface area contributed by atoms with Crippen LogP contribution >= 0.6 is 0 Å². The molecule has 0 aliphatic carbocycles. The minimum absolute atomic E-state index is 0.184. The van der Waals surface area contributed by atoms with Gasteiger partial charge in [0.2, 0.25) is 5.95 Å². The first-order valence-electron chi connectivity index (χ1n) is 8.56. The maximum Gasteiger partial charge on any atom is 0.254 e. The number of carbonyl (C=O) groups is 1. The lowest BCUT2D eigenvalue weighted by atomic mass is 10.1. The lowest BCUT2D eigenvalue weighted by Crippen LogP contribution is -2.23. The number of nitrogens with zero attached hydrogens (tertiary/aromatic N) is 2. The number of rotatable bonds is 6. The Morgan fingerprint density at radius 1 is 0.923 bits per heavy atom. The minimum atomic E-state index is -0.184. The van der Waals surface area contributed by atoms with Crippen LogP contribution in [0.4, 0.5) is 5.95 Å². The number of hydrogen-bond donors (Lipinski definition) is 2. The highest BCUT2D eigenvalue weighted by atomic mass is 16.1. The van der Waals surface area contributed by atoms with Gasteiger partial charge in [-0.1, -0.05) is 54.1 Å². The Hall–Kier alpha value is -3.21. The van der Waals surface area contributed by atoms with E-state index in [1.165, 1.54) is 29.1 Å². The van der Waals surface area contributed by atoms with E-state index in [1.54, 1.807) is 0 Å². The van der Waals surface area contributed by atoms with Crippen molar-refractivity contribution in [3.05, 3.63) is 88.7 Å². The van der Waals surface area contributed by atoms with E-state index in [2.05, 4.69) is 39.7 Å². The number of carbonyl (C=O) groups excluding carboxylic acids is 1. The van der Waals surface area contributed by atoms with Crippen LogP contribution in [0.5, 0.6) is 0 Å². The van der Waals surface area contributed by atoms with Crippen molar-refractivity contribution in [3.8, 4) is 0 Å². The molecule has 3 rings (SSSR count). The number of aromatic nitrogens is 2. The van der Waals surface area contributed by atoms with Crippen LogP contribution in [0.3, 0.4) is 0 Å². The Labute approximate surface area is 153 Å². The van der Waals surface area contributed by atoms with Crippen molar-refractivity contribution < 1.29 is 4.79 Å². The van der Waals surface area contributed by atoms with Gasteiger partial charge in [-0.3, -0.25) is 4.79 Å². The van der Waals surface area contributed by atoms with Crippen LogP contribution in [-0.4, -0.2) is 15.9 Å². The van der Waals surface area contributed by atoms with Crippen molar-refractivity contribution in [2.75, 3.05) is 5.32 Å². The first kappa shape index (κ1) is 17.6. The highest BCUT2D eigenvalue weighted by Gasteiger charge is 2.07. The summed E-state index contributed by atoms with van der Waals surface area (Å²) in [5.41, 5.74) is 5.10. The highest BCUT2D eigenvalue weighted by molar-refractivity contribution is 5.93. The van der Waals surface area contributed by atoms with Crippen LogP contribution in [-0.2, 0) is 13.1 Å². The molecule has 0 saturated carbocycles. The lowest BCUT2D eigenvalue weighted by Gasteiger charge is -2.08. The van der Waals surface area contributed by atoms with Gasteiger partial charge in [-0.15, -0.1) is 0 Å². The molecule has 0 unspecified atom stereocenters. The maximum absolute atomic E-state index is 12.2. The topological polar surface area (TPSA) is 66.9 Å². The Balaban J connectivity index is 1.54. The van der Waals surface area contributed by atoms with Gasteiger partial charge >= 0.3 is 0 Å². The second-order valence-electron chi connectivity index (χ2n) is 6.24. The van der Waals surface area contributed by atoms with Crippen molar-refractivity contribution in [2.24, 2.45) is 0 Å². The van der Waals surface area contributed by atoms with E-state index >= 15 is 0 Å². The van der Waals surface area contributed by atoms with Crippen molar-refractivity contribution >= 4 is 11.9 Å². The summed E-state index contributed by atoms with van der Waals surface area (Å²) in [7, 11) is 0. The molecule has 0 atom stereocenters. The second kappa shape index (κ2) is 8.25. The van der Waals surface area contributed by atoms with Gasteiger partial charge in [-0.25, -0.2) is 9.97 Å². The van der Waals surface area contributed by atoms with Gasteiger partial charge in [0.25, 0.3) is 5.91 Å². The summed E-state index contributed by atoms with van der Waals surface area (Å²) >= 11 is 0. The van der Waals surface area contributed by atoms with Gasteiger partial charge in [0.05, 0.1) is 5.56 Å². The molecular formula is C21H22N4O. The van der Waals surface area contributed by atoms with E-state index < -0.39 is 0 Å². The maximum atomic E-state index is 12.2. The predicted molar refractivity (Wildman–Crippen MR) is 103 cm³/mol. The van der Waals surface area contributed by atoms with Gasteiger partial charge in [0.1, 0.15) is 0 Å². The Morgan fingerprint density at radius 2 is 1.62 bits per heavy atom. The van der Waals surface area contributed by atoms with Gasteiger partial charge in [-0.2, -0.15) is 0 Å². The van der Waals surface area contributed by atoms with E-state index in [1.807, 2.05) is 43.3 Å². The fourth-order valence-corrected chi connectivity index (χ4v) is 2.51. The molecule has 2 aromatic carbocycles. The molecule has 5 heteroatoms. The molecule has 26 heavy (non-hydrogen) atoms. The van der Waals surface area contributed by atoms with Crippen molar-refractivity contribution in [1.29, 1.82) is 0 Å². The molecule has 0 aliphatic heterocycles. The molecule has 0 spiro atoms. The van der Waals surface area contributed by atoms with Gasteiger partial charge in [-0.05, 0) is 30.5 Å². The minimum Gasteiger partial charge on any atom is -0.350 e. The van der Waals surface area contributed by atoms with E-state index in [4.69, 9.17) is 0 Å². The summed E-state index contributed by atoms with van der Waals surface area (Å²) in [4.78, 5) is 20.7. The highest BCUT2D eigenvalue weighted by Crippen LogP contribution is 2.09. The number of amides is 1. The van der Waals surface area contributed by atoms with E-state index in [0.717, 1.165) is 5.56 Å². The summed E-state index contributed by atoms with van der Waals surface area (Å²) in [6.45, 7) is 5.23. The molecule has 0 saturated heterocycles. The SMILES string of the molecule is Cc1ccc(CNC(=O)c2cnc(NCc3ccccc3C)nc2)cc1. The number of aryl methyl sites for hydroxylation is 2. The molecule has 0 fully saturated rings. The Bertz CT molecular complexity index is 873. The molecule has 0 aliphatic rings. The van der Waals surface area contributed by atoms with Crippen LogP contribution in [0.15, 0.2) is 60.9 Å². The predicted octanol–water partition coefficient (Wildman–Crippen LogP) is 3.64. The summed E-state index contributed by atoms with van der Waals surface area (Å²) in [5, 5.41) is 6.06. The average Bonchev–Trinajstić information content (AvgIpc) is 2.67. The molecule has 1 aromatic heterocycles. The van der Waals surface area contributed by atoms with Crippen LogP contribution in [0.25, 0.3) is 0 Å². The first-order valence-corrected chi connectivity index (χ1v) is 8.56. The fourth-order valence-electron chi connectivity index (χ4n) is 2.51. The molecule has 132 valence electrons. The zero-order valence-electron chi connectivity index (χ0n) is 15.0. The quantitative estimate of drug-likeness (QED) is 0.715. The normalized spacial score (nSPS) is 10.4. The molecular weight excluding hydrogens is 324 g/mol. The van der Waals surface area contributed by atoms with E-state index in [0.29, 0.717) is 24.6 Å². The Morgan fingerprint density at radius 3 is 2.31 bits per heavy atom. The number of anilines is 1. The number of benzene rings is 2. The largest absolute Gasteiger partial charge is 0.350 e. The molecule has 1 amide bonds. The molecule has 1 heterocycles. The third-order valence-electron chi connectivity index (χ3n) is 4.19. The van der Waals surface area contributed by atoms with Crippen LogP contribution < -0.4 is 10.6 Å². The van der Waals surface area contributed by atoms with E-state index in [-0.39, 0.29) is 5.91 Å². The molecule has 0 bridgehead atoms. The van der Waals surface area contributed by atoms with Crippen molar-refractivity contribution in [3.63, 3.8) is 0 Å². The first-order chi connectivity index (χ1) is 12.6. The second-order valence-corrected chi connectivity index (χ2v) is 6.24. The van der Waals surface area contributed by atoms with Crippen molar-refractivity contribution in [1.82, 2.24) is 15.3 Å². The standard InChI is InChI=1S/C21H22N4O/c1-15-7-9-17(10-8-15)11-22-20(26)19-13-24-21(25-14-19)23-12-18-6-4-3-5-16(18)2/h3-10,13-14H,11-12H2,1-2H3,(H,22,26)(H,23,24,25). The summed E-state index contributed by atoms with van der Waals surface area (Å²) in [5.74, 6) is 0.319. The molecule has 2 N–H and O–H groups in total. The third-order valence-corrected chi connectivity index (χ3v) is 4.19. The van der Waals surface area contributed by atoms with Crippen LogP contribution in [0.2, 0.25) is 0 Å². The van der Waals surface area contributed by atoms with Gasteiger partial charge in [0.15, 0.2) is 0 Å². The summed E-state index contributed by atoms with van der Waals surface area (Å²) < 4.78 is 0. The molecule has 3 aromatic rings. The summed E-state index contributed by atoms with van der Waals surface area (Å²) in [6.07, 6.45) is 3.08. The van der Waals surface area contributed by atoms with Crippen molar-refractivity contribution in [2.45, 2.75) is 26.9 Å². The third kappa shape index (κ3) is 4.66. The number of nitrogens with one attached hydrogen (secondary N) is 2. The fraction of sp³-hybridized carbons (Fsp3) is 0.190. The van der Waals surface area contributed by atoms with Gasteiger partial charge in [0, 0.05) is 25.5 Å². The number of hydrogen-bond acceptors (Lipinski definition) is 4. The summed E-state index contributed by atoms with van der Waals surface area (Å²) in [6, 6.07) is 16.2. The average molecular weight is 346 g/mol. The Kier molecular flexibility index (Phi) is 5.59. The molecule has 0 radical (unpaired) electrons. The van der Waals surface area contributed by atoms with E-state index in [9.17, 15) is 4.79 Å². The van der Waals surface area contributed by atoms with Crippen LogP contribution in [0, 0.1) is 13.8 Å². The van der Waals surface area contributed by atoms with Crippen LogP contribution in [0.1, 0.15) is 32.6 Å². The zero-order valence-corrected chi connectivity index (χ0v) is 15.0.